The number of carbonyl (C=O) groups is 1. The molecule has 0 aliphatic rings. The van der Waals surface area contributed by atoms with Gasteiger partial charge in [0.2, 0.25) is 5.91 Å². The number of methoxy groups -OCH3 is 1. The van der Waals surface area contributed by atoms with Gasteiger partial charge in [-0.15, -0.1) is 0 Å². The normalized spacial score (nSPS) is 10.5. The molecule has 0 atom stereocenters. The van der Waals surface area contributed by atoms with Crippen molar-refractivity contribution in [1.82, 2.24) is 0 Å². The van der Waals surface area contributed by atoms with Crippen molar-refractivity contribution in [2.24, 2.45) is 5.73 Å². The molecule has 3 N–H and O–H groups in total. The molecule has 0 unspecified atom stereocenters. The van der Waals surface area contributed by atoms with Crippen molar-refractivity contribution < 1.29 is 9.53 Å². The van der Waals surface area contributed by atoms with E-state index in [4.69, 9.17) is 10.5 Å². The van der Waals surface area contributed by atoms with E-state index in [0.29, 0.717) is 6.54 Å². The summed E-state index contributed by atoms with van der Waals surface area (Å²) in [6.45, 7) is 0.652. The lowest BCUT2D eigenvalue weighted by molar-refractivity contribution is -0.117. The highest BCUT2D eigenvalue weighted by Crippen LogP contribution is 2.28. The Balaban J connectivity index is 1.81. The minimum absolute atomic E-state index is 0.261. The number of nitrogens with one attached hydrogen (secondary N) is 1. The van der Waals surface area contributed by atoms with Gasteiger partial charge in [-0.1, -0.05) is 42.5 Å². The maximum absolute atomic E-state index is 11.0. The number of fused-ring (bicyclic) bond motifs is 1. The van der Waals surface area contributed by atoms with Gasteiger partial charge in [0, 0.05) is 17.8 Å². The zero-order valence-electron chi connectivity index (χ0n) is 13.6. The first kappa shape index (κ1) is 15.9. The summed E-state index contributed by atoms with van der Waals surface area (Å²) >= 11 is 0. The molecule has 4 nitrogen and oxygen atoms in total. The lowest BCUT2D eigenvalue weighted by atomic mass is 10.0. The van der Waals surface area contributed by atoms with E-state index in [-0.39, 0.29) is 12.3 Å². The van der Waals surface area contributed by atoms with Crippen LogP contribution in [0, 0.1) is 0 Å². The second kappa shape index (κ2) is 7.04. The minimum atomic E-state index is -0.323. The van der Waals surface area contributed by atoms with Gasteiger partial charge in [0.1, 0.15) is 5.75 Å². The number of primary amides is 1. The highest BCUT2D eigenvalue weighted by molar-refractivity contribution is 5.88. The van der Waals surface area contributed by atoms with Gasteiger partial charge < -0.3 is 15.8 Å². The molecule has 4 heteroatoms. The number of nitrogens with two attached hydrogens (primary N) is 1. The fourth-order valence-corrected chi connectivity index (χ4v) is 2.82. The molecule has 0 aliphatic heterocycles. The number of ether oxygens (including phenoxy) is 1. The molecule has 1 amide bonds. The number of anilines is 1. The Morgan fingerprint density at radius 2 is 1.79 bits per heavy atom. The largest absolute Gasteiger partial charge is 0.496 e. The van der Waals surface area contributed by atoms with E-state index in [1.54, 1.807) is 7.11 Å². The quantitative estimate of drug-likeness (QED) is 0.731. The first-order valence-electron chi connectivity index (χ1n) is 7.83. The molecule has 0 aliphatic carbocycles. The molecule has 3 aromatic carbocycles. The van der Waals surface area contributed by atoms with E-state index in [0.717, 1.165) is 22.6 Å². The lowest BCUT2D eigenvalue weighted by Gasteiger charge is -2.14. The molecule has 122 valence electrons. The molecule has 3 aromatic rings. The second-order valence-corrected chi connectivity index (χ2v) is 5.66. The van der Waals surface area contributed by atoms with E-state index >= 15 is 0 Å². The third-order valence-electron chi connectivity index (χ3n) is 4.02. The van der Waals surface area contributed by atoms with Gasteiger partial charge in [0.25, 0.3) is 0 Å². The topological polar surface area (TPSA) is 64.3 Å². The third-order valence-corrected chi connectivity index (χ3v) is 4.02. The molecule has 0 radical (unpaired) electrons. The zero-order valence-corrected chi connectivity index (χ0v) is 13.6. The van der Waals surface area contributed by atoms with Crippen molar-refractivity contribution in [1.29, 1.82) is 0 Å². The Kier molecular flexibility index (Phi) is 4.66. The van der Waals surface area contributed by atoms with Crippen molar-refractivity contribution in [3.8, 4) is 5.75 Å². The summed E-state index contributed by atoms with van der Waals surface area (Å²) in [4.78, 5) is 11.0. The van der Waals surface area contributed by atoms with E-state index in [2.05, 4.69) is 23.5 Å². The smallest absolute Gasteiger partial charge is 0.221 e. The molecule has 3 rings (SSSR count). The SMILES string of the molecule is COc1ccc2ccccc2c1CNc1ccc(CC(N)=O)cc1. The van der Waals surface area contributed by atoms with Crippen molar-refractivity contribution in [3.05, 3.63) is 71.8 Å². The van der Waals surface area contributed by atoms with E-state index in [1.807, 2.05) is 42.5 Å². The fraction of sp³-hybridized carbons (Fsp3) is 0.150. The van der Waals surface area contributed by atoms with Crippen LogP contribution in [0.15, 0.2) is 60.7 Å². The van der Waals surface area contributed by atoms with Crippen molar-refractivity contribution in [2.45, 2.75) is 13.0 Å². The van der Waals surface area contributed by atoms with Gasteiger partial charge in [-0.25, -0.2) is 0 Å². The first-order valence-corrected chi connectivity index (χ1v) is 7.83. The van der Waals surface area contributed by atoms with Gasteiger partial charge >= 0.3 is 0 Å². The van der Waals surface area contributed by atoms with Gasteiger partial charge in [-0.05, 0) is 34.5 Å². The Hall–Kier alpha value is -3.01. The van der Waals surface area contributed by atoms with Crippen LogP contribution < -0.4 is 15.8 Å². The lowest BCUT2D eigenvalue weighted by Crippen LogP contribution is -2.13. The monoisotopic (exact) mass is 320 g/mol. The van der Waals surface area contributed by atoms with Crippen LogP contribution in [0.2, 0.25) is 0 Å². The molecule has 0 heterocycles. The summed E-state index contributed by atoms with van der Waals surface area (Å²) in [6, 6.07) is 20.0. The Morgan fingerprint density at radius 3 is 2.50 bits per heavy atom. The number of benzene rings is 3. The zero-order chi connectivity index (χ0) is 16.9. The summed E-state index contributed by atoms with van der Waals surface area (Å²) in [6.07, 6.45) is 0.261. The number of amides is 1. The Bertz CT molecular complexity index is 857. The molecule has 24 heavy (non-hydrogen) atoms. The van der Waals surface area contributed by atoms with E-state index in [1.165, 1.54) is 10.8 Å². The van der Waals surface area contributed by atoms with Crippen LogP contribution in [0.4, 0.5) is 5.69 Å². The van der Waals surface area contributed by atoms with Crippen LogP contribution >= 0.6 is 0 Å². The van der Waals surface area contributed by atoms with Gasteiger partial charge in [0.05, 0.1) is 13.5 Å². The highest BCUT2D eigenvalue weighted by Gasteiger charge is 2.08. The van der Waals surface area contributed by atoms with Crippen molar-refractivity contribution >= 4 is 22.4 Å². The number of hydrogen-bond donors (Lipinski definition) is 2. The molecule has 0 aromatic heterocycles. The van der Waals surface area contributed by atoms with Crippen LogP contribution in [0.3, 0.4) is 0 Å². The predicted octanol–water partition coefficient (Wildman–Crippen LogP) is 3.49. The molecule has 0 bridgehead atoms. The maximum atomic E-state index is 11.0. The highest BCUT2D eigenvalue weighted by atomic mass is 16.5. The number of rotatable bonds is 6. The molecular formula is C20H20N2O2. The van der Waals surface area contributed by atoms with Crippen LogP contribution in [0.25, 0.3) is 10.8 Å². The predicted molar refractivity (Wildman–Crippen MR) is 97.2 cm³/mol. The van der Waals surface area contributed by atoms with Gasteiger partial charge in [-0.2, -0.15) is 0 Å². The number of hydrogen-bond acceptors (Lipinski definition) is 3. The summed E-state index contributed by atoms with van der Waals surface area (Å²) in [5, 5.41) is 5.77. The molecule has 0 saturated heterocycles. The molecule has 0 fully saturated rings. The Labute approximate surface area is 141 Å². The number of carbonyl (C=O) groups excluding carboxylic acids is 1. The summed E-state index contributed by atoms with van der Waals surface area (Å²) in [7, 11) is 1.69. The van der Waals surface area contributed by atoms with Crippen LogP contribution in [0.5, 0.6) is 5.75 Å². The maximum Gasteiger partial charge on any atom is 0.221 e. The Morgan fingerprint density at radius 1 is 1.04 bits per heavy atom. The van der Waals surface area contributed by atoms with E-state index < -0.39 is 0 Å². The van der Waals surface area contributed by atoms with Gasteiger partial charge in [0.15, 0.2) is 0 Å². The third kappa shape index (κ3) is 3.49. The van der Waals surface area contributed by atoms with Crippen molar-refractivity contribution in [3.63, 3.8) is 0 Å². The summed E-state index contributed by atoms with van der Waals surface area (Å²) in [5.41, 5.74) is 8.23. The van der Waals surface area contributed by atoms with Crippen LogP contribution in [-0.2, 0) is 17.8 Å². The summed E-state index contributed by atoms with van der Waals surface area (Å²) in [5.74, 6) is 0.544. The molecular weight excluding hydrogens is 300 g/mol. The van der Waals surface area contributed by atoms with Crippen molar-refractivity contribution in [2.75, 3.05) is 12.4 Å². The first-order chi connectivity index (χ1) is 11.7. The minimum Gasteiger partial charge on any atom is -0.496 e. The van der Waals surface area contributed by atoms with Crippen LogP contribution in [0.1, 0.15) is 11.1 Å². The summed E-state index contributed by atoms with van der Waals surface area (Å²) < 4.78 is 5.51. The molecule has 0 saturated carbocycles. The van der Waals surface area contributed by atoms with Crippen LogP contribution in [-0.4, -0.2) is 13.0 Å². The van der Waals surface area contributed by atoms with E-state index in [9.17, 15) is 4.79 Å². The molecule has 0 spiro atoms. The second-order valence-electron chi connectivity index (χ2n) is 5.66. The fourth-order valence-electron chi connectivity index (χ4n) is 2.82. The average Bonchev–Trinajstić information content (AvgIpc) is 2.60. The standard InChI is InChI=1S/C20H20N2O2/c1-24-19-11-8-15-4-2-3-5-17(15)18(19)13-22-16-9-6-14(7-10-16)12-20(21)23/h2-11,22H,12-13H2,1H3,(H2,21,23). The average molecular weight is 320 g/mol. The van der Waals surface area contributed by atoms with Gasteiger partial charge in [-0.3, -0.25) is 4.79 Å².